The van der Waals surface area contributed by atoms with Crippen molar-refractivity contribution in [2.45, 2.75) is 6.92 Å². The van der Waals surface area contributed by atoms with Crippen LogP contribution in [0.3, 0.4) is 0 Å². The van der Waals surface area contributed by atoms with Gasteiger partial charge in [0.2, 0.25) is 0 Å². The van der Waals surface area contributed by atoms with Crippen LogP contribution in [0.15, 0.2) is 72.8 Å². The third-order valence-corrected chi connectivity index (χ3v) is 3.22. The van der Waals surface area contributed by atoms with Crippen LogP contribution >= 0.6 is 0 Å². The fraction of sp³-hybridized carbons (Fsp3) is 0.100. The standard InChI is InChI=1S/C14H13O2.C6H5O.Fe/c1-2-16-14(15)13-9-7-12(8-10-13)11-5-3-4-6-11;7-5-6-3-1-2-4-6;/h3-10H,2H2,1H3;1-5H;/q-1;-5;. The number of hydrogen-bond donors (Lipinski definition) is 0. The Morgan fingerprint density at radius 3 is 2.17 bits per heavy atom. The fourth-order valence-corrected chi connectivity index (χ4v) is 2.05. The average molecular weight is 362 g/mol. The van der Waals surface area contributed by atoms with Gasteiger partial charge in [-0.3, -0.25) is 6.29 Å². The summed E-state index contributed by atoms with van der Waals surface area (Å²) in [7, 11) is 0. The molecule has 3 rings (SSSR count). The molecule has 0 bridgehead atoms. The summed E-state index contributed by atoms with van der Waals surface area (Å²) in [6, 6.07) is 22.7. The van der Waals surface area contributed by atoms with Gasteiger partial charge >= 0.3 is 5.97 Å². The summed E-state index contributed by atoms with van der Waals surface area (Å²) in [4.78, 5) is 21.3. The molecule has 0 amide bonds. The molecule has 0 unspecified atom stereocenters. The molecule has 0 aliphatic rings. The summed E-state index contributed by atoms with van der Waals surface area (Å²) >= 11 is 0. The number of hydrogen-bond acceptors (Lipinski definition) is 3. The van der Waals surface area contributed by atoms with Crippen LogP contribution in [0.4, 0.5) is 0 Å². The Bertz CT molecular complexity index is 711. The van der Waals surface area contributed by atoms with E-state index in [1.54, 1.807) is 31.2 Å². The zero-order valence-electron chi connectivity index (χ0n) is 13.3. The molecule has 4 heteroatoms. The summed E-state index contributed by atoms with van der Waals surface area (Å²) < 4.78 is 4.92. The fourth-order valence-electron chi connectivity index (χ4n) is 2.05. The Balaban J connectivity index is 0.000000304. The van der Waals surface area contributed by atoms with E-state index >= 15 is 0 Å². The Hall–Kier alpha value is -2.42. The van der Waals surface area contributed by atoms with Crippen LogP contribution in [0, 0.1) is 0 Å². The van der Waals surface area contributed by atoms with Gasteiger partial charge in [0.25, 0.3) is 0 Å². The normalized spacial score (nSPS) is 9.21. The molecular formula is C20H18FeO3-6. The number of aldehydes is 1. The van der Waals surface area contributed by atoms with Crippen LogP contribution in [0.5, 0.6) is 0 Å². The van der Waals surface area contributed by atoms with Gasteiger partial charge in [-0.2, -0.15) is 12.1 Å². The van der Waals surface area contributed by atoms with E-state index in [1.807, 2.05) is 48.5 Å². The zero-order chi connectivity index (χ0) is 16.5. The first-order chi connectivity index (χ1) is 11.2. The number of carbonyl (C=O) groups excluding carboxylic acids is 2. The zero-order valence-corrected chi connectivity index (χ0v) is 14.4. The third kappa shape index (κ3) is 5.65. The number of ether oxygens (including phenoxy) is 1. The van der Waals surface area contributed by atoms with Crippen molar-refractivity contribution >= 4 is 12.3 Å². The van der Waals surface area contributed by atoms with Crippen LogP contribution in [0.1, 0.15) is 27.6 Å². The maximum absolute atomic E-state index is 11.4. The van der Waals surface area contributed by atoms with Gasteiger partial charge in [0.15, 0.2) is 0 Å². The molecule has 0 atom stereocenters. The quantitative estimate of drug-likeness (QED) is 0.298. The van der Waals surface area contributed by atoms with E-state index in [4.69, 9.17) is 4.74 Å². The molecule has 3 nitrogen and oxygen atoms in total. The summed E-state index contributed by atoms with van der Waals surface area (Å²) in [5.41, 5.74) is 3.62. The van der Waals surface area contributed by atoms with Gasteiger partial charge in [-0.25, -0.2) is 4.79 Å². The largest absolute Gasteiger partial charge is 0.721 e. The first-order valence-corrected chi connectivity index (χ1v) is 7.40. The van der Waals surface area contributed by atoms with Crippen LogP contribution in [-0.4, -0.2) is 18.9 Å². The molecule has 0 radical (unpaired) electrons. The molecule has 0 spiro atoms. The molecule has 0 fully saturated rings. The molecular weight excluding hydrogens is 344 g/mol. The van der Waals surface area contributed by atoms with Crippen LogP contribution in [-0.2, 0) is 21.8 Å². The summed E-state index contributed by atoms with van der Waals surface area (Å²) in [5.74, 6) is -0.267. The summed E-state index contributed by atoms with van der Waals surface area (Å²) in [6.07, 6.45) is 0.833. The molecule has 24 heavy (non-hydrogen) atoms. The number of esters is 1. The predicted molar refractivity (Wildman–Crippen MR) is 90.9 cm³/mol. The van der Waals surface area contributed by atoms with E-state index in [9.17, 15) is 9.59 Å². The van der Waals surface area contributed by atoms with Crippen molar-refractivity contribution in [2.75, 3.05) is 6.61 Å². The first-order valence-electron chi connectivity index (χ1n) is 7.40. The van der Waals surface area contributed by atoms with Gasteiger partial charge in [-0.1, -0.05) is 17.7 Å². The van der Waals surface area contributed by atoms with Crippen molar-refractivity contribution < 1.29 is 31.4 Å². The van der Waals surface area contributed by atoms with Crippen molar-refractivity contribution in [3.05, 3.63) is 83.9 Å². The van der Waals surface area contributed by atoms with Crippen molar-refractivity contribution in [1.29, 1.82) is 0 Å². The van der Waals surface area contributed by atoms with Crippen LogP contribution < -0.4 is 0 Å². The van der Waals surface area contributed by atoms with E-state index in [1.165, 1.54) is 0 Å². The SMILES string of the molecule is CCOC(=O)c1ccc(-[c-]2cccc2)cc1.O=C[c-]1[cH-][cH-][cH-][cH-]1.[Fe]. The second-order valence-corrected chi connectivity index (χ2v) is 4.81. The Morgan fingerprint density at radius 2 is 1.71 bits per heavy atom. The smallest absolute Gasteiger partial charge is 0.336 e. The third-order valence-electron chi connectivity index (χ3n) is 3.22. The maximum Gasteiger partial charge on any atom is 0.336 e. The average Bonchev–Trinajstić information content (AvgIpc) is 3.29. The number of carbonyl (C=O) groups is 2. The van der Waals surface area contributed by atoms with E-state index < -0.39 is 0 Å². The van der Waals surface area contributed by atoms with Crippen molar-refractivity contribution in [2.24, 2.45) is 0 Å². The molecule has 0 heterocycles. The van der Waals surface area contributed by atoms with E-state index in [-0.39, 0.29) is 23.0 Å². The molecule has 0 N–H and O–H groups in total. The van der Waals surface area contributed by atoms with E-state index in [2.05, 4.69) is 0 Å². The van der Waals surface area contributed by atoms with Crippen LogP contribution in [0.2, 0.25) is 0 Å². The number of rotatable bonds is 4. The molecule has 130 valence electrons. The van der Waals surface area contributed by atoms with Crippen molar-refractivity contribution in [3.8, 4) is 11.1 Å². The second-order valence-electron chi connectivity index (χ2n) is 4.81. The minimum absolute atomic E-state index is 0. The van der Waals surface area contributed by atoms with Gasteiger partial charge in [0.1, 0.15) is 0 Å². The minimum atomic E-state index is -0.267. The molecule has 0 aliphatic heterocycles. The topological polar surface area (TPSA) is 43.4 Å². The summed E-state index contributed by atoms with van der Waals surface area (Å²) in [6.45, 7) is 2.21. The molecule has 3 aromatic rings. The number of benzene rings is 1. The van der Waals surface area contributed by atoms with Gasteiger partial charge in [0.05, 0.1) is 6.61 Å². The molecule has 0 aromatic heterocycles. The maximum atomic E-state index is 11.4. The Morgan fingerprint density at radius 1 is 1.12 bits per heavy atom. The molecule has 0 aliphatic carbocycles. The van der Waals surface area contributed by atoms with E-state index in [0.29, 0.717) is 12.2 Å². The molecule has 3 aromatic carbocycles. The monoisotopic (exact) mass is 362 g/mol. The Kier molecular flexibility index (Phi) is 8.48. The minimum Gasteiger partial charge on any atom is -0.721 e. The van der Waals surface area contributed by atoms with Gasteiger partial charge in [-0.05, 0) is 6.92 Å². The predicted octanol–water partition coefficient (Wildman–Crippen LogP) is 4.46. The first kappa shape index (κ1) is 19.6. The van der Waals surface area contributed by atoms with Gasteiger partial charge in [-0.15, -0.1) is 29.8 Å². The second kappa shape index (κ2) is 10.4. The van der Waals surface area contributed by atoms with Crippen molar-refractivity contribution in [1.82, 2.24) is 0 Å². The Labute approximate surface area is 152 Å². The van der Waals surface area contributed by atoms with Gasteiger partial charge in [0, 0.05) is 22.6 Å². The van der Waals surface area contributed by atoms with E-state index in [0.717, 1.165) is 23.0 Å². The molecule has 0 saturated heterocycles. The van der Waals surface area contributed by atoms with Crippen LogP contribution in [0.25, 0.3) is 11.1 Å². The molecule has 0 saturated carbocycles. The van der Waals surface area contributed by atoms with Crippen molar-refractivity contribution in [3.63, 3.8) is 0 Å². The summed E-state index contributed by atoms with van der Waals surface area (Å²) in [5, 5.41) is 0. The van der Waals surface area contributed by atoms with Gasteiger partial charge < -0.3 is 39.4 Å².